The van der Waals surface area contributed by atoms with Gasteiger partial charge in [0.25, 0.3) is 0 Å². The molecule has 0 radical (unpaired) electrons. The van der Waals surface area contributed by atoms with Gasteiger partial charge in [-0.3, -0.25) is 0 Å². The first-order valence-electron chi connectivity index (χ1n) is 20.3. The largest absolute Gasteiger partial charge is 0.0775 e. The third kappa shape index (κ3) is 4.58. The highest BCUT2D eigenvalue weighted by Crippen LogP contribution is 2.53. The molecule has 0 aliphatic heterocycles. The zero-order chi connectivity index (χ0) is 38.3. The van der Waals surface area contributed by atoms with E-state index in [2.05, 4.69) is 199 Å². The van der Waals surface area contributed by atoms with Crippen molar-refractivity contribution in [3.8, 4) is 55.6 Å². The van der Waals surface area contributed by atoms with E-state index in [-0.39, 0.29) is 10.8 Å². The van der Waals surface area contributed by atoms with Crippen LogP contribution >= 0.6 is 0 Å². The minimum Gasteiger partial charge on any atom is -0.0656 e. The first-order chi connectivity index (χ1) is 26.9. The van der Waals surface area contributed by atoms with E-state index < -0.39 is 8.07 Å². The van der Waals surface area contributed by atoms with Crippen LogP contribution < -0.4 is 5.19 Å². The lowest BCUT2D eigenvalue weighted by Gasteiger charge is -2.23. The Morgan fingerprint density at radius 2 is 0.768 bits per heavy atom. The summed E-state index contributed by atoms with van der Waals surface area (Å²) in [5.41, 5.74) is 18.7. The van der Waals surface area contributed by atoms with Gasteiger partial charge in [0.2, 0.25) is 0 Å². The number of hydrogen-bond donors (Lipinski definition) is 0. The summed E-state index contributed by atoms with van der Waals surface area (Å²) >= 11 is 0. The Balaban J connectivity index is 1.17. The lowest BCUT2D eigenvalue weighted by Crippen LogP contribution is -2.37. The van der Waals surface area contributed by atoms with Gasteiger partial charge in [0.15, 0.2) is 0 Å². The summed E-state index contributed by atoms with van der Waals surface area (Å²) in [6.45, 7) is 16.8. The summed E-state index contributed by atoms with van der Waals surface area (Å²) in [7, 11) is -1.45. The maximum Gasteiger partial charge on any atom is 0.0775 e. The monoisotopic (exact) mass is 734 g/mol. The van der Waals surface area contributed by atoms with Gasteiger partial charge >= 0.3 is 0 Å². The number of fused-ring (bicyclic) bond motifs is 6. The van der Waals surface area contributed by atoms with Gasteiger partial charge in [-0.15, -0.1) is 0 Å². The van der Waals surface area contributed by atoms with Crippen LogP contribution in [0.25, 0.3) is 88.0 Å². The van der Waals surface area contributed by atoms with Crippen LogP contribution in [0.15, 0.2) is 152 Å². The van der Waals surface area contributed by atoms with E-state index in [0.29, 0.717) is 0 Å². The zero-order valence-electron chi connectivity index (χ0n) is 33.4. The topological polar surface area (TPSA) is 0 Å². The minimum absolute atomic E-state index is 0.0493. The highest BCUT2D eigenvalue weighted by molar-refractivity contribution is 6.88. The van der Waals surface area contributed by atoms with Crippen LogP contribution in [-0.4, -0.2) is 8.07 Å². The molecule has 2 aliphatic carbocycles. The molecule has 0 bridgehead atoms. The molecule has 9 aromatic carbocycles. The van der Waals surface area contributed by atoms with Crippen molar-refractivity contribution >= 4 is 45.6 Å². The summed E-state index contributed by atoms with van der Waals surface area (Å²) in [6.07, 6.45) is 0. The number of benzene rings is 9. The molecule has 11 rings (SSSR count). The van der Waals surface area contributed by atoms with E-state index in [4.69, 9.17) is 0 Å². The molecule has 0 saturated heterocycles. The molecule has 0 amide bonds. The SMILES string of the molecule is CC1(C)c2ccccc2-c2ccc(-c3ccc4ccc5c(-c6ccc([Si](C)(C)C)cc6)cc(-c6ccc7c(c6)C(C)(C)c6ccccc6-7)c6ccc3c4c56)cc21. The average molecular weight is 735 g/mol. The molecule has 9 aromatic rings. The molecule has 0 nitrogen and oxygen atoms in total. The Labute approximate surface area is 331 Å². The van der Waals surface area contributed by atoms with Gasteiger partial charge in [-0.25, -0.2) is 0 Å². The lowest BCUT2D eigenvalue weighted by atomic mass is 9.80. The van der Waals surface area contributed by atoms with E-state index in [0.717, 1.165) is 0 Å². The van der Waals surface area contributed by atoms with Gasteiger partial charge in [-0.05, 0) is 128 Å². The molecule has 0 N–H and O–H groups in total. The van der Waals surface area contributed by atoms with Crippen molar-refractivity contribution in [2.45, 2.75) is 58.2 Å². The van der Waals surface area contributed by atoms with Crippen LogP contribution in [-0.2, 0) is 10.8 Å². The van der Waals surface area contributed by atoms with Crippen LogP contribution in [0.2, 0.25) is 19.6 Å². The smallest absolute Gasteiger partial charge is 0.0656 e. The minimum atomic E-state index is -1.45. The van der Waals surface area contributed by atoms with Crippen molar-refractivity contribution in [1.29, 1.82) is 0 Å². The van der Waals surface area contributed by atoms with Crippen LogP contribution in [0.3, 0.4) is 0 Å². The molecule has 0 unspecified atom stereocenters. The Kier molecular flexibility index (Phi) is 6.83. The molecule has 0 aromatic heterocycles. The van der Waals surface area contributed by atoms with Gasteiger partial charge in [-0.2, -0.15) is 0 Å². The van der Waals surface area contributed by atoms with Crippen molar-refractivity contribution in [3.63, 3.8) is 0 Å². The van der Waals surface area contributed by atoms with E-state index in [1.54, 1.807) is 0 Å². The predicted molar refractivity (Wildman–Crippen MR) is 245 cm³/mol. The first-order valence-corrected chi connectivity index (χ1v) is 23.8. The van der Waals surface area contributed by atoms with Gasteiger partial charge in [0.05, 0.1) is 8.07 Å². The van der Waals surface area contributed by atoms with Crippen LogP contribution in [0.4, 0.5) is 0 Å². The van der Waals surface area contributed by atoms with Crippen LogP contribution in [0, 0.1) is 0 Å². The Bertz CT molecular complexity index is 3090. The van der Waals surface area contributed by atoms with Crippen molar-refractivity contribution in [2.75, 3.05) is 0 Å². The standard InChI is InChI=1S/C55H46Si/c1-54(2)48-14-10-8-12-39(48)41-25-20-35(30-50(41)54)38-24-18-34-19-27-44-46(33-16-22-37(23-17-33)56(5,6)7)32-47(45-29-28-43(38)52(34)53(44)45)36-21-26-42-40-13-9-11-15-49(40)55(3,4)51(42)31-36/h8-32H,1-7H3. The maximum atomic E-state index is 2.50. The van der Waals surface area contributed by atoms with E-state index in [1.807, 2.05) is 0 Å². The molecular weight excluding hydrogens is 689 g/mol. The highest BCUT2D eigenvalue weighted by Gasteiger charge is 2.37. The fourth-order valence-electron chi connectivity index (χ4n) is 10.5. The second kappa shape index (κ2) is 11.4. The van der Waals surface area contributed by atoms with E-state index >= 15 is 0 Å². The molecule has 1 heteroatoms. The molecule has 0 heterocycles. The molecule has 0 atom stereocenters. The molecule has 2 aliphatic rings. The normalized spacial score (nSPS) is 15.0. The predicted octanol–water partition coefficient (Wildman–Crippen LogP) is 14.7. The third-order valence-corrected chi connectivity index (χ3v) is 15.7. The maximum absolute atomic E-state index is 2.50. The molecular formula is C55H46Si. The summed E-state index contributed by atoms with van der Waals surface area (Å²) in [5.74, 6) is 0. The fourth-order valence-corrected chi connectivity index (χ4v) is 11.7. The second-order valence-electron chi connectivity index (χ2n) is 18.5. The second-order valence-corrected chi connectivity index (χ2v) is 23.6. The first kappa shape index (κ1) is 33.6. The molecule has 0 fully saturated rings. The average Bonchev–Trinajstić information content (AvgIpc) is 3.58. The summed E-state index contributed by atoms with van der Waals surface area (Å²) in [6, 6.07) is 58.6. The van der Waals surface area contributed by atoms with Crippen molar-refractivity contribution in [3.05, 3.63) is 174 Å². The van der Waals surface area contributed by atoms with Crippen LogP contribution in [0.5, 0.6) is 0 Å². The summed E-state index contributed by atoms with van der Waals surface area (Å²) in [4.78, 5) is 0. The summed E-state index contributed by atoms with van der Waals surface area (Å²) in [5, 5.41) is 9.45. The lowest BCUT2D eigenvalue weighted by molar-refractivity contribution is 0.660. The van der Waals surface area contributed by atoms with Crippen molar-refractivity contribution < 1.29 is 0 Å². The Morgan fingerprint density at radius 1 is 0.339 bits per heavy atom. The molecule has 0 spiro atoms. The van der Waals surface area contributed by atoms with Gasteiger partial charge in [0.1, 0.15) is 0 Å². The zero-order valence-corrected chi connectivity index (χ0v) is 34.4. The molecule has 270 valence electrons. The van der Waals surface area contributed by atoms with Crippen molar-refractivity contribution in [2.24, 2.45) is 0 Å². The number of hydrogen-bond acceptors (Lipinski definition) is 0. The fraction of sp³-hybridized carbons (Fsp3) is 0.164. The molecule has 0 saturated carbocycles. The quantitative estimate of drug-likeness (QED) is 0.125. The summed E-state index contributed by atoms with van der Waals surface area (Å²) < 4.78 is 0. The Morgan fingerprint density at radius 3 is 1.34 bits per heavy atom. The highest BCUT2D eigenvalue weighted by atomic mass is 28.3. The number of rotatable bonds is 4. The van der Waals surface area contributed by atoms with Gasteiger partial charge < -0.3 is 0 Å². The molecule has 56 heavy (non-hydrogen) atoms. The van der Waals surface area contributed by atoms with Crippen LogP contribution in [0.1, 0.15) is 49.9 Å². The Hall–Kier alpha value is -5.76. The van der Waals surface area contributed by atoms with E-state index in [9.17, 15) is 0 Å². The van der Waals surface area contributed by atoms with Crippen molar-refractivity contribution in [1.82, 2.24) is 0 Å². The van der Waals surface area contributed by atoms with Gasteiger partial charge in [-0.1, -0.05) is 186 Å². The third-order valence-electron chi connectivity index (χ3n) is 13.6. The van der Waals surface area contributed by atoms with Gasteiger partial charge in [0, 0.05) is 10.8 Å². The van der Waals surface area contributed by atoms with E-state index in [1.165, 1.54) is 115 Å².